The van der Waals surface area contributed by atoms with Crippen LogP contribution < -0.4 is 0 Å². The Morgan fingerprint density at radius 2 is 1.89 bits per heavy atom. The molecule has 0 fully saturated rings. The topological polar surface area (TPSA) is 0 Å². The highest BCUT2D eigenvalue weighted by atomic mass is 32.2. The zero-order chi connectivity index (χ0) is 19.5. The molecule has 0 aliphatic heterocycles. The van der Waals surface area contributed by atoms with Crippen LogP contribution in [0.1, 0.15) is 35.1 Å². The third kappa shape index (κ3) is 3.79. The van der Waals surface area contributed by atoms with Crippen LogP contribution in [0.4, 0.5) is 0 Å². The van der Waals surface area contributed by atoms with Crippen LogP contribution in [0.15, 0.2) is 88.9 Å². The molecular weight excluding hydrogens is 356 g/mol. The van der Waals surface area contributed by atoms with E-state index >= 15 is 0 Å². The van der Waals surface area contributed by atoms with Gasteiger partial charge in [0.25, 0.3) is 0 Å². The van der Waals surface area contributed by atoms with Gasteiger partial charge in [0.1, 0.15) is 0 Å². The molecule has 28 heavy (non-hydrogen) atoms. The quantitative estimate of drug-likeness (QED) is 0.485. The first kappa shape index (κ1) is 18.7. The van der Waals surface area contributed by atoms with Crippen molar-refractivity contribution in [3.8, 4) is 12.3 Å². The summed E-state index contributed by atoms with van der Waals surface area (Å²) in [6, 6.07) is 17.5. The smallest absolute Gasteiger partial charge is 0.0416 e. The van der Waals surface area contributed by atoms with Crippen LogP contribution in [0.3, 0.4) is 0 Å². The summed E-state index contributed by atoms with van der Waals surface area (Å²) in [5.74, 6) is 2.92. The van der Waals surface area contributed by atoms with Gasteiger partial charge in [-0.05, 0) is 48.4 Å². The van der Waals surface area contributed by atoms with Crippen molar-refractivity contribution >= 4 is 16.7 Å². The monoisotopic (exact) mass is 380 g/mol. The number of hydrogen-bond donors (Lipinski definition) is 0. The number of aryl methyl sites for hydroxylation is 3. The molecule has 2 aliphatic carbocycles. The first-order valence-electron chi connectivity index (χ1n) is 9.75. The standard InChI is InChI=1S/C27H24S/c1-4-24-26-11-7-9-23(26)18-27(24)28-20(3)25-10-6-5-8-22(25)17-16-21-14-12-19(2)13-15-21/h1,5-8,10-15H,3,9,16-18H2,2H3. The second kappa shape index (κ2) is 8.13. The van der Waals surface area contributed by atoms with E-state index in [4.69, 9.17) is 6.42 Å². The Morgan fingerprint density at radius 1 is 1.11 bits per heavy atom. The third-order valence-corrected chi connectivity index (χ3v) is 6.53. The zero-order valence-electron chi connectivity index (χ0n) is 16.3. The first-order valence-corrected chi connectivity index (χ1v) is 10.6. The molecule has 0 aromatic heterocycles. The van der Waals surface area contributed by atoms with Gasteiger partial charge in [0.05, 0.1) is 0 Å². The molecule has 138 valence electrons. The fourth-order valence-electron chi connectivity index (χ4n) is 3.90. The van der Waals surface area contributed by atoms with Crippen molar-refractivity contribution in [1.29, 1.82) is 0 Å². The molecule has 2 aromatic carbocycles. The van der Waals surface area contributed by atoms with Gasteiger partial charge < -0.3 is 0 Å². The van der Waals surface area contributed by atoms with Gasteiger partial charge in [-0.1, -0.05) is 96.1 Å². The molecular formula is C27H24S. The molecule has 0 N–H and O–H groups in total. The number of allylic oxidation sites excluding steroid dienone is 6. The molecule has 0 unspecified atom stereocenters. The summed E-state index contributed by atoms with van der Waals surface area (Å²) in [6.45, 7) is 6.53. The van der Waals surface area contributed by atoms with Gasteiger partial charge in [-0.15, -0.1) is 6.42 Å². The fraction of sp³-hybridized carbons (Fsp3) is 0.185. The largest absolute Gasteiger partial charge is 0.115 e. The second-order valence-electron chi connectivity index (χ2n) is 7.41. The van der Waals surface area contributed by atoms with E-state index in [1.165, 1.54) is 38.3 Å². The maximum Gasteiger partial charge on any atom is 0.0416 e. The normalized spacial score (nSPS) is 15.1. The van der Waals surface area contributed by atoms with E-state index in [2.05, 4.69) is 80.1 Å². The summed E-state index contributed by atoms with van der Waals surface area (Å²) >= 11 is 1.75. The minimum atomic E-state index is 0.969. The summed E-state index contributed by atoms with van der Waals surface area (Å²) in [5.41, 5.74) is 9.05. The van der Waals surface area contributed by atoms with Crippen LogP contribution in [0.2, 0.25) is 0 Å². The lowest BCUT2D eigenvalue weighted by atomic mass is 9.99. The predicted octanol–water partition coefficient (Wildman–Crippen LogP) is 7.03. The summed E-state index contributed by atoms with van der Waals surface area (Å²) in [4.78, 5) is 2.36. The molecule has 2 aliphatic rings. The zero-order valence-corrected chi connectivity index (χ0v) is 17.1. The van der Waals surface area contributed by atoms with Gasteiger partial charge in [-0.3, -0.25) is 0 Å². The number of hydrogen-bond acceptors (Lipinski definition) is 1. The summed E-state index contributed by atoms with van der Waals surface area (Å²) in [6.07, 6.45) is 14.3. The molecule has 0 radical (unpaired) electrons. The van der Waals surface area contributed by atoms with E-state index in [0.717, 1.165) is 36.2 Å². The molecule has 0 spiro atoms. The average Bonchev–Trinajstić information content (AvgIpc) is 3.28. The highest BCUT2D eigenvalue weighted by molar-refractivity contribution is 8.11. The van der Waals surface area contributed by atoms with Crippen LogP contribution in [0.25, 0.3) is 4.91 Å². The Morgan fingerprint density at radius 3 is 2.68 bits per heavy atom. The SMILES string of the molecule is C#CC1=C(SC(=C)c2ccccc2CCc2ccc(C)cc2)CC2=C1C=CC2. The lowest BCUT2D eigenvalue weighted by Crippen LogP contribution is -1.96. The molecule has 0 saturated heterocycles. The van der Waals surface area contributed by atoms with Crippen molar-refractivity contribution in [1.82, 2.24) is 0 Å². The van der Waals surface area contributed by atoms with E-state index in [9.17, 15) is 0 Å². The Labute approximate surface area is 172 Å². The number of rotatable bonds is 6. The molecule has 1 heteroatoms. The number of thioether (sulfide) groups is 1. The van der Waals surface area contributed by atoms with Crippen molar-refractivity contribution in [3.05, 3.63) is 111 Å². The molecule has 0 atom stereocenters. The van der Waals surface area contributed by atoms with Crippen LogP contribution in [-0.4, -0.2) is 0 Å². The Bertz CT molecular complexity index is 1050. The van der Waals surface area contributed by atoms with Crippen LogP contribution in [-0.2, 0) is 12.8 Å². The van der Waals surface area contributed by atoms with Crippen LogP contribution in [0.5, 0.6) is 0 Å². The lowest BCUT2D eigenvalue weighted by Gasteiger charge is -2.13. The average molecular weight is 381 g/mol. The highest BCUT2D eigenvalue weighted by Gasteiger charge is 2.25. The predicted molar refractivity (Wildman–Crippen MR) is 123 cm³/mol. The molecule has 0 heterocycles. The minimum Gasteiger partial charge on any atom is -0.115 e. The van der Waals surface area contributed by atoms with Crippen molar-refractivity contribution < 1.29 is 0 Å². The third-order valence-electron chi connectivity index (χ3n) is 5.46. The van der Waals surface area contributed by atoms with Gasteiger partial charge in [0, 0.05) is 21.8 Å². The highest BCUT2D eigenvalue weighted by Crippen LogP contribution is 2.47. The van der Waals surface area contributed by atoms with Gasteiger partial charge in [-0.2, -0.15) is 0 Å². The number of benzene rings is 2. The van der Waals surface area contributed by atoms with Gasteiger partial charge >= 0.3 is 0 Å². The van der Waals surface area contributed by atoms with Crippen molar-refractivity contribution in [2.45, 2.75) is 32.6 Å². The molecule has 4 rings (SSSR count). The fourth-order valence-corrected chi connectivity index (χ4v) is 5.02. The second-order valence-corrected chi connectivity index (χ2v) is 8.60. The molecule has 0 nitrogen and oxygen atoms in total. The Balaban J connectivity index is 1.50. The maximum atomic E-state index is 5.83. The molecule has 2 aromatic rings. The molecule has 0 bridgehead atoms. The van der Waals surface area contributed by atoms with E-state index in [1.807, 2.05) is 0 Å². The summed E-state index contributed by atoms with van der Waals surface area (Å²) in [5, 5.41) is 0. The molecule has 0 amide bonds. The van der Waals surface area contributed by atoms with E-state index in [-0.39, 0.29) is 0 Å². The minimum absolute atomic E-state index is 0.969. The van der Waals surface area contributed by atoms with Crippen molar-refractivity contribution in [2.24, 2.45) is 0 Å². The number of terminal acetylenes is 1. The summed E-state index contributed by atoms with van der Waals surface area (Å²) < 4.78 is 0. The van der Waals surface area contributed by atoms with E-state index in [1.54, 1.807) is 11.8 Å². The Kier molecular flexibility index (Phi) is 5.42. The Hall–Kier alpha value is -2.69. The summed E-state index contributed by atoms with van der Waals surface area (Å²) in [7, 11) is 0. The first-order chi connectivity index (χ1) is 13.7. The van der Waals surface area contributed by atoms with Crippen molar-refractivity contribution in [3.63, 3.8) is 0 Å². The van der Waals surface area contributed by atoms with Gasteiger partial charge in [0.15, 0.2) is 0 Å². The van der Waals surface area contributed by atoms with E-state index < -0.39 is 0 Å². The van der Waals surface area contributed by atoms with Crippen LogP contribution in [0, 0.1) is 19.3 Å². The van der Waals surface area contributed by atoms with Crippen LogP contribution >= 0.6 is 11.8 Å². The van der Waals surface area contributed by atoms with Crippen molar-refractivity contribution in [2.75, 3.05) is 0 Å². The lowest BCUT2D eigenvalue weighted by molar-refractivity contribution is 0.956. The van der Waals surface area contributed by atoms with E-state index in [0.29, 0.717) is 0 Å². The maximum absolute atomic E-state index is 5.83. The van der Waals surface area contributed by atoms with Gasteiger partial charge in [0.2, 0.25) is 0 Å². The molecule has 0 saturated carbocycles. The van der Waals surface area contributed by atoms with Gasteiger partial charge in [-0.25, -0.2) is 0 Å².